The molecule has 0 saturated carbocycles. The summed E-state index contributed by atoms with van der Waals surface area (Å²) in [5.41, 5.74) is 4.98. The van der Waals surface area contributed by atoms with Crippen LogP contribution in [0.2, 0.25) is 0 Å². The van der Waals surface area contributed by atoms with Crippen LogP contribution in [0.25, 0.3) is 16.9 Å². The molecule has 0 bridgehead atoms. The lowest BCUT2D eigenvalue weighted by Crippen LogP contribution is -2.38. The van der Waals surface area contributed by atoms with Crippen LogP contribution in [-0.2, 0) is 0 Å². The summed E-state index contributed by atoms with van der Waals surface area (Å²) in [7, 11) is 0. The number of aryl methyl sites for hydroxylation is 1. The highest BCUT2D eigenvalue weighted by atomic mass is 15.3. The highest BCUT2D eigenvalue weighted by Gasteiger charge is 2.32. The largest absolute Gasteiger partial charge is 0.351 e. The minimum atomic E-state index is 0.136. The van der Waals surface area contributed by atoms with Gasteiger partial charge in [0.05, 0.1) is 11.4 Å². The number of imidazole rings is 1. The molecule has 1 N–H and O–H groups in total. The molecule has 4 heterocycles. The summed E-state index contributed by atoms with van der Waals surface area (Å²) in [6.07, 6.45) is 6.02. The van der Waals surface area contributed by atoms with Crippen LogP contribution in [0.5, 0.6) is 0 Å². The van der Waals surface area contributed by atoms with Gasteiger partial charge in [0.1, 0.15) is 11.6 Å². The lowest BCUT2D eigenvalue weighted by molar-refractivity contribution is 0.514. The molecule has 0 radical (unpaired) electrons. The molecular formula is C24H26N6. The lowest BCUT2D eigenvalue weighted by Gasteiger charge is -2.32. The molecular weight excluding hydrogens is 372 g/mol. The molecule has 3 aromatic heterocycles. The number of hydrogen-bond acceptors (Lipinski definition) is 5. The number of hydrogen-bond donors (Lipinski definition) is 1. The van der Waals surface area contributed by atoms with Crippen LogP contribution in [-0.4, -0.2) is 31.7 Å². The van der Waals surface area contributed by atoms with E-state index in [1.54, 1.807) is 6.20 Å². The Balaban J connectivity index is 1.52. The number of nitrogens with zero attached hydrogens (tertiary/aromatic N) is 5. The highest BCUT2D eigenvalue weighted by molar-refractivity contribution is 5.77. The van der Waals surface area contributed by atoms with Crippen LogP contribution in [0.15, 0.2) is 60.9 Å². The van der Waals surface area contributed by atoms with Crippen molar-refractivity contribution in [3.63, 3.8) is 0 Å². The van der Waals surface area contributed by atoms with E-state index in [9.17, 15) is 0 Å². The molecule has 1 fully saturated rings. The van der Waals surface area contributed by atoms with Crippen molar-refractivity contribution in [2.24, 2.45) is 0 Å². The Morgan fingerprint density at radius 3 is 2.67 bits per heavy atom. The first-order valence-electron chi connectivity index (χ1n) is 10.4. The summed E-state index contributed by atoms with van der Waals surface area (Å²) in [6, 6.07) is 16.6. The van der Waals surface area contributed by atoms with Gasteiger partial charge in [-0.2, -0.15) is 5.10 Å². The van der Waals surface area contributed by atoms with E-state index in [0.717, 1.165) is 40.8 Å². The summed E-state index contributed by atoms with van der Waals surface area (Å²) in [5.74, 6) is 1.82. The van der Waals surface area contributed by atoms with Crippen molar-refractivity contribution in [3.05, 3.63) is 66.5 Å². The number of aromatic nitrogens is 4. The molecule has 4 aromatic rings. The second kappa shape index (κ2) is 7.13. The molecule has 0 spiro atoms. The SMILES string of the molecule is Cc1ccc(-c2cc(Nc3cccc(N4CCCC4(C)C)n3)c3nccn3n2)cc1. The zero-order valence-corrected chi connectivity index (χ0v) is 17.6. The predicted octanol–water partition coefficient (Wildman–Crippen LogP) is 5.22. The molecule has 5 rings (SSSR count). The van der Waals surface area contributed by atoms with Gasteiger partial charge in [0.25, 0.3) is 0 Å². The molecule has 6 heteroatoms. The van der Waals surface area contributed by atoms with Crippen LogP contribution < -0.4 is 10.2 Å². The Hall–Kier alpha value is -3.41. The molecule has 0 aliphatic carbocycles. The Bertz CT molecular complexity index is 1190. The van der Waals surface area contributed by atoms with Gasteiger partial charge in [0, 0.05) is 30.0 Å². The van der Waals surface area contributed by atoms with Crippen LogP contribution >= 0.6 is 0 Å². The number of nitrogens with one attached hydrogen (secondary N) is 1. The summed E-state index contributed by atoms with van der Waals surface area (Å²) in [6.45, 7) is 7.70. The van der Waals surface area contributed by atoms with E-state index in [0.29, 0.717) is 0 Å². The molecule has 152 valence electrons. The molecule has 0 atom stereocenters. The number of pyridine rings is 1. The molecule has 1 aromatic carbocycles. The average molecular weight is 399 g/mol. The van der Waals surface area contributed by atoms with Crippen LogP contribution in [0, 0.1) is 6.92 Å². The fourth-order valence-electron chi connectivity index (χ4n) is 4.19. The second-order valence-corrected chi connectivity index (χ2v) is 8.58. The fraction of sp³-hybridized carbons (Fsp3) is 0.292. The van der Waals surface area contributed by atoms with Crippen molar-refractivity contribution in [2.75, 3.05) is 16.8 Å². The standard InChI is InChI=1S/C24H26N6/c1-17-8-10-18(11-9-17)19-16-20(23-25-13-15-30(23)28-19)26-21-6-4-7-22(27-21)29-14-5-12-24(29,2)3/h4,6-11,13,15-16H,5,12,14H2,1-3H3,(H,26,27). The smallest absolute Gasteiger partial charge is 0.177 e. The third-order valence-corrected chi connectivity index (χ3v) is 5.88. The van der Waals surface area contributed by atoms with Gasteiger partial charge in [-0.3, -0.25) is 0 Å². The number of fused-ring (bicyclic) bond motifs is 1. The van der Waals surface area contributed by atoms with E-state index in [1.807, 2.05) is 22.8 Å². The fourth-order valence-corrected chi connectivity index (χ4v) is 4.19. The molecule has 0 unspecified atom stereocenters. The number of benzene rings is 1. The predicted molar refractivity (Wildman–Crippen MR) is 121 cm³/mol. The van der Waals surface area contributed by atoms with Gasteiger partial charge in [0.15, 0.2) is 5.65 Å². The van der Waals surface area contributed by atoms with Crippen molar-refractivity contribution in [3.8, 4) is 11.3 Å². The topological polar surface area (TPSA) is 58.3 Å². The van der Waals surface area contributed by atoms with Gasteiger partial charge >= 0.3 is 0 Å². The first-order valence-corrected chi connectivity index (χ1v) is 10.4. The van der Waals surface area contributed by atoms with E-state index in [4.69, 9.17) is 10.1 Å². The quantitative estimate of drug-likeness (QED) is 0.511. The van der Waals surface area contributed by atoms with E-state index < -0.39 is 0 Å². The van der Waals surface area contributed by atoms with E-state index in [2.05, 4.69) is 72.4 Å². The van der Waals surface area contributed by atoms with Crippen molar-refractivity contribution in [2.45, 2.75) is 39.2 Å². The van der Waals surface area contributed by atoms with Gasteiger partial charge in [-0.25, -0.2) is 14.5 Å². The highest BCUT2D eigenvalue weighted by Crippen LogP contribution is 2.33. The second-order valence-electron chi connectivity index (χ2n) is 8.58. The van der Waals surface area contributed by atoms with Gasteiger partial charge < -0.3 is 10.2 Å². The first kappa shape index (κ1) is 18.6. The van der Waals surface area contributed by atoms with Crippen molar-refractivity contribution in [1.29, 1.82) is 0 Å². The van der Waals surface area contributed by atoms with Gasteiger partial charge in [-0.05, 0) is 51.8 Å². The zero-order chi connectivity index (χ0) is 20.7. The third kappa shape index (κ3) is 3.38. The summed E-state index contributed by atoms with van der Waals surface area (Å²) in [4.78, 5) is 11.8. The number of anilines is 3. The van der Waals surface area contributed by atoms with Crippen LogP contribution in [0.1, 0.15) is 32.3 Å². The van der Waals surface area contributed by atoms with E-state index in [1.165, 1.54) is 18.4 Å². The maximum atomic E-state index is 4.91. The molecule has 1 aliphatic rings. The van der Waals surface area contributed by atoms with Crippen molar-refractivity contribution < 1.29 is 0 Å². The Labute approximate surface area is 176 Å². The number of rotatable bonds is 4. The minimum Gasteiger partial charge on any atom is -0.351 e. The molecule has 30 heavy (non-hydrogen) atoms. The van der Waals surface area contributed by atoms with Crippen LogP contribution in [0.4, 0.5) is 17.3 Å². The Morgan fingerprint density at radius 1 is 1.07 bits per heavy atom. The Morgan fingerprint density at radius 2 is 1.90 bits per heavy atom. The molecule has 6 nitrogen and oxygen atoms in total. The summed E-state index contributed by atoms with van der Waals surface area (Å²) in [5, 5.41) is 8.21. The molecule has 0 amide bonds. The van der Waals surface area contributed by atoms with Gasteiger partial charge in [0.2, 0.25) is 0 Å². The lowest BCUT2D eigenvalue weighted by atomic mass is 10.0. The zero-order valence-electron chi connectivity index (χ0n) is 17.6. The molecule has 1 saturated heterocycles. The maximum Gasteiger partial charge on any atom is 0.177 e. The third-order valence-electron chi connectivity index (χ3n) is 5.88. The van der Waals surface area contributed by atoms with E-state index >= 15 is 0 Å². The average Bonchev–Trinajstić information content (AvgIpc) is 3.34. The first-order chi connectivity index (χ1) is 14.5. The van der Waals surface area contributed by atoms with Gasteiger partial charge in [-0.1, -0.05) is 35.9 Å². The molecule has 1 aliphatic heterocycles. The van der Waals surface area contributed by atoms with Crippen LogP contribution in [0.3, 0.4) is 0 Å². The minimum absolute atomic E-state index is 0.136. The van der Waals surface area contributed by atoms with Crippen molar-refractivity contribution >= 4 is 23.0 Å². The summed E-state index contributed by atoms with van der Waals surface area (Å²) >= 11 is 0. The summed E-state index contributed by atoms with van der Waals surface area (Å²) < 4.78 is 1.81. The normalized spacial score (nSPS) is 15.6. The Kier molecular flexibility index (Phi) is 4.42. The van der Waals surface area contributed by atoms with Gasteiger partial charge in [-0.15, -0.1) is 0 Å². The maximum absolute atomic E-state index is 4.91. The van der Waals surface area contributed by atoms with E-state index in [-0.39, 0.29) is 5.54 Å². The van der Waals surface area contributed by atoms with Crippen molar-refractivity contribution in [1.82, 2.24) is 19.6 Å². The monoisotopic (exact) mass is 398 g/mol.